The number of rotatable bonds is 9. The number of benzene rings is 2. The molecule has 2 aromatic carbocycles. The molecule has 2 rings (SSSR count). The van der Waals surface area contributed by atoms with E-state index < -0.39 is 0 Å². The van der Waals surface area contributed by atoms with E-state index in [4.69, 9.17) is 16.3 Å². The Labute approximate surface area is 139 Å². The first kappa shape index (κ1) is 16.9. The topological polar surface area (TPSA) is 9.23 Å². The molecule has 0 amide bonds. The van der Waals surface area contributed by atoms with Crippen LogP contribution in [0.25, 0.3) is 11.1 Å². The van der Waals surface area contributed by atoms with Crippen molar-refractivity contribution in [2.75, 3.05) is 6.61 Å². The van der Waals surface area contributed by atoms with Crippen molar-refractivity contribution in [1.82, 2.24) is 0 Å². The van der Waals surface area contributed by atoms with Gasteiger partial charge in [0.2, 0.25) is 0 Å². The van der Waals surface area contributed by atoms with E-state index in [1.807, 2.05) is 36.4 Å². The molecule has 0 aromatic heterocycles. The molecule has 2 aromatic rings. The third-order valence-electron chi connectivity index (χ3n) is 3.79. The summed E-state index contributed by atoms with van der Waals surface area (Å²) in [6, 6.07) is 16.1. The predicted molar refractivity (Wildman–Crippen MR) is 95.8 cm³/mol. The highest BCUT2D eigenvalue weighted by molar-refractivity contribution is 6.33. The summed E-state index contributed by atoms with van der Waals surface area (Å²) in [6.45, 7) is 3.01. The van der Waals surface area contributed by atoms with E-state index in [9.17, 15) is 0 Å². The number of hydrogen-bond donors (Lipinski definition) is 0. The van der Waals surface area contributed by atoms with E-state index in [0.717, 1.165) is 34.9 Å². The van der Waals surface area contributed by atoms with Crippen molar-refractivity contribution < 1.29 is 4.74 Å². The van der Waals surface area contributed by atoms with Gasteiger partial charge >= 0.3 is 0 Å². The molecule has 22 heavy (non-hydrogen) atoms. The van der Waals surface area contributed by atoms with E-state index >= 15 is 0 Å². The average Bonchev–Trinajstić information content (AvgIpc) is 2.55. The van der Waals surface area contributed by atoms with Gasteiger partial charge in [-0.15, -0.1) is 0 Å². The Kier molecular flexibility index (Phi) is 7.32. The highest BCUT2D eigenvalue weighted by atomic mass is 35.5. The van der Waals surface area contributed by atoms with Crippen LogP contribution in [0.3, 0.4) is 0 Å². The lowest BCUT2D eigenvalue weighted by Crippen LogP contribution is -1.97. The summed E-state index contributed by atoms with van der Waals surface area (Å²) in [7, 11) is 0. The van der Waals surface area contributed by atoms with Crippen LogP contribution in [-0.2, 0) is 0 Å². The smallest absolute Gasteiger partial charge is 0.120 e. The molecule has 1 nitrogen and oxygen atoms in total. The van der Waals surface area contributed by atoms with Crippen LogP contribution in [0.2, 0.25) is 5.02 Å². The van der Waals surface area contributed by atoms with Crippen molar-refractivity contribution in [1.29, 1.82) is 0 Å². The van der Waals surface area contributed by atoms with Crippen LogP contribution in [0, 0.1) is 0 Å². The zero-order valence-corrected chi connectivity index (χ0v) is 14.1. The van der Waals surface area contributed by atoms with Crippen LogP contribution in [0.1, 0.15) is 45.4 Å². The van der Waals surface area contributed by atoms with Gasteiger partial charge in [-0.3, -0.25) is 0 Å². The molecular weight excluding hydrogens is 292 g/mol. The standard InChI is InChI=1S/C20H25ClO/c1-2-3-4-5-6-10-15-22-18-13-14-19(20(21)16-18)17-11-8-7-9-12-17/h7-9,11-14,16H,2-6,10,15H2,1H3. The lowest BCUT2D eigenvalue weighted by molar-refractivity contribution is 0.304. The molecule has 118 valence electrons. The van der Waals surface area contributed by atoms with Gasteiger partial charge in [-0.2, -0.15) is 0 Å². The molecule has 0 aliphatic carbocycles. The van der Waals surface area contributed by atoms with E-state index in [2.05, 4.69) is 19.1 Å². The number of halogens is 1. The first-order valence-electron chi connectivity index (χ1n) is 8.29. The quantitative estimate of drug-likeness (QED) is 0.465. The van der Waals surface area contributed by atoms with Gasteiger partial charge in [0.25, 0.3) is 0 Å². The molecule has 0 spiro atoms. The second-order valence-electron chi connectivity index (χ2n) is 5.62. The second kappa shape index (κ2) is 9.53. The first-order chi connectivity index (χ1) is 10.8. The highest BCUT2D eigenvalue weighted by Gasteiger charge is 2.04. The van der Waals surface area contributed by atoms with E-state index in [-0.39, 0.29) is 0 Å². The summed E-state index contributed by atoms with van der Waals surface area (Å²) in [5.41, 5.74) is 2.18. The third-order valence-corrected chi connectivity index (χ3v) is 4.10. The SMILES string of the molecule is CCCCCCCCOc1ccc(-c2ccccc2)c(Cl)c1. The van der Waals surface area contributed by atoms with Crippen LogP contribution < -0.4 is 4.74 Å². The van der Waals surface area contributed by atoms with E-state index in [0.29, 0.717) is 0 Å². The maximum Gasteiger partial charge on any atom is 0.120 e. The Morgan fingerprint density at radius 1 is 0.864 bits per heavy atom. The maximum atomic E-state index is 6.38. The zero-order valence-electron chi connectivity index (χ0n) is 13.4. The molecule has 0 radical (unpaired) electrons. The second-order valence-corrected chi connectivity index (χ2v) is 6.03. The lowest BCUT2D eigenvalue weighted by Gasteiger charge is -2.09. The molecule has 0 aliphatic heterocycles. The molecule has 0 fully saturated rings. The van der Waals surface area contributed by atoms with Crippen LogP contribution in [-0.4, -0.2) is 6.61 Å². The summed E-state index contributed by atoms with van der Waals surface area (Å²) in [6.07, 6.45) is 7.65. The minimum atomic E-state index is 0.742. The van der Waals surface area contributed by atoms with Gasteiger partial charge in [0.1, 0.15) is 5.75 Å². The van der Waals surface area contributed by atoms with Gasteiger partial charge in [0.05, 0.1) is 11.6 Å². The fraction of sp³-hybridized carbons (Fsp3) is 0.400. The molecule has 0 saturated heterocycles. The Balaban J connectivity index is 1.80. The lowest BCUT2D eigenvalue weighted by atomic mass is 10.1. The summed E-state index contributed by atoms with van der Waals surface area (Å²) >= 11 is 6.38. The summed E-state index contributed by atoms with van der Waals surface area (Å²) in [5, 5.41) is 0.742. The van der Waals surface area contributed by atoms with Gasteiger partial charge in [0, 0.05) is 5.56 Å². The van der Waals surface area contributed by atoms with Crippen LogP contribution in [0.5, 0.6) is 5.75 Å². The van der Waals surface area contributed by atoms with Crippen LogP contribution in [0.15, 0.2) is 48.5 Å². The Hall–Kier alpha value is -1.47. The van der Waals surface area contributed by atoms with Gasteiger partial charge < -0.3 is 4.74 Å². The van der Waals surface area contributed by atoms with Gasteiger partial charge in [-0.05, 0) is 30.2 Å². The largest absolute Gasteiger partial charge is 0.494 e. The summed E-state index contributed by atoms with van der Waals surface area (Å²) in [5.74, 6) is 0.859. The minimum absolute atomic E-state index is 0.742. The monoisotopic (exact) mass is 316 g/mol. The molecule has 0 N–H and O–H groups in total. The van der Waals surface area contributed by atoms with Crippen molar-refractivity contribution in [3.63, 3.8) is 0 Å². The molecule has 0 aliphatic rings. The Morgan fingerprint density at radius 2 is 1.59 bits per heavy atom. The van der Waals surface area contributed by atoms with E-state index in [1.54, 1.807) is 0 Å². The summed E-state index contributed by atoms with van der Waals surface area (Å²) < 4.78 is 5.80. The molecule has 0 atom stereocenters. The molecular formula is C20H25ClO. The maximum absolute atomic E-state index is 6.38. The molecule has 0 heterocycles. The summed E-state index contributed by atoms with van der Waals surface area (Å²) in [4.78, 5) is 0. The number of ether oxygens (including phenoxy) is 1. The highest BCUT2D eigenvalue weighted by Crippen LogP contribution is 2.31. The minimum Gasteiger partial charge on any atom is -0.494 e. The third kappa shape index (κ3) is 5.38. The van der Waals surface area contributed by atoms with Crippen LogP contribution >= 0.6 is 11.6 Å². The Morgan fingerprint density at radius 3 is 2.32 bits per heavy atom. The van der Waals surface area contributed by atoms with Crippen molar-refractivity contribution in [3.8, 4) is 16.9 Å². The fourth-order valence-electron chi connectivity index (χ4n) is 2.51. The van der Waals surface area contributed by atoms with E-state index in [1.165, 1.54) is 32.1 Å². The average molecular weight is 317 g/mol. The van der Waals surface area contributed by atoms with Crippen molar-refractivity contribution >= 4 is 11.6 Å². The van der Waals surface area contributed by atoms with Gasteiger partial charge in [-0.25, -0.2) is 0 Å². The van der Waals surface area contributed by atoms with Crippen LogP contribution in [0.4, 0.5) is 0 Å². The van der Waals surface area contributed by atoms with Gasteiger partial charge in [0.15, 0.2) is 0 Å². The van der Waals surface area contributed by atoms with Crippen molar-refractivity contribution in [2.45, 2.75) is 45.4 Å². The number of hydrogen-bond acceptors (Lipinski definition) is 1. The van der Waals surface area contributed by atoms with Crippen molar-refractivity contribution in [2.24, 2.45) is 0 Å². The fourth-order valence-corrected chi connectivity index (χ4v) is 2.79. The Bertz CT molecular complexity index is 551. The molecule has 2 heteroatoms. The molecule has 0 unspecified atom stereocenters. The van der Waals surface area contributed by atoms with Crippen molar-refractivity contribution in [3.05, 3.63) is 53.6 Å². The zero-order chi connectivity index (χ0) is 15.6. The number of unbranched alkanes of at least 4 members (excludes halogenated alkanes) is 5. The normalized spacial score (nSPS) is 10.6. The predicted octanol–water partition coefficient (Wildman–Crippen LogP) is 6.75. The first-order valence-corrected chi connectivity index (χ1v) is 8.67. The molecule has 0 saturated carbocycles. The van der Waals surface area contributed by atoms with Gasteiger partial charge in [-0.1, -0.05) is 81.0 Å². The molecule has 0 bridgehead atoms.